The first-order valence-corrected chi connectivity index (χ1v) is 6.28. The van der Waals surface area contributed by atoms with Gasteiger partial charge >= 0.3 is 7.82 Å². The highest BCUT2D eigenvalue weighted by Gasteiger charge is 2.48. The Morgan fingerprint density at radius 1 is 0.824 bits per heavy atom. The molecule has 0 amide bonds. The Bertz CT molecular complexity index is 288. The smallest absolute Gasteiger partial charge is 0.390 e. The van der Waals surface area contributed by atoms with Crippen molar-refractivity contribution >= 4 is 7.82 Å². The molecule has 0 saturated heterocycles. The van der Waals surface area contributed by atoms with Crippen LogP contribution in [0.3, 0.4) is 0 Å². The van der Waals surface area contributed by atoms with E-state index in [0.29, 0.717) is 0 Å². The quantitative estimate of drug-likeness (QED) is 0.258. The maximum atomic E-state index is 10.4. The number of aliphatic hydroxyl groups is 5. The molecule has 9 nitrogen and oxygen atoms in total. The minimum absolute atomic E-state index is 0.770. The van der Waals surface area contributed by atoms with Gasteiger partial charge in [0, 0.05) is 5.92 Å². The van der Waals surface area contributed by atoms with E-state index >= 15 is 0 Å². The van der Waals surface area contributed by atoms with Crippen LogP contribution in [-0.2, 0) is 9.09 Å². The number of aliphatic hydroxyl groups excluding tert-OH is 5. The molecule has 1 rings (SSSR count). The van der Waals surface area contributed by atoms with Gasteiger partial charge in [0.15, 0.2) is 0 Å². The first kappa shape index (κ1) is 15.0. The van der Waals surface area contributed by atoms with Crippen molar-refractivity contribution in [1.29, 1.82) is 0 Å². The Morgan fingerprint density at radius 3 is 1.53 bits per heavy atom. The summed E-state index contributed by atoms with van der Waals surface area (Å²) in [4.78, 5) is 16.9. The average molecular weight is 274 g/mol. The molecule has 1 aliphatic rings. The summed E-state index contributed by atoms with van der Waals surface area (Å²) in [7, 11) is -4.79. The zero-order valence-electron chi connectivity index (χ0n) is 8.57. The monoisotopic (exact) mass is 274 g/mol. The molecule has 0 radical (unpaired) electrons. The van der Waals surface area contributed by atoms with E-state index in [-0.39, 0.29) is 0 Å². The van der Waals surface area contributed by atoms with Crippen molar-refractivity contribution in [2.75, 3.05) is 6.61 Å². The molecule has 10 heteroatoms. The second kappa shape index (κ2) is 5.27. The van der Waals surface area contributed by atoms with E-state index in [0.717, 1.165) is 0 Å². The maximum Gasteiger partial charge on any atom is 0.469 e. The van der Waals surface area contributed by atoms with E-state index in [4.69, 9.17) is 9.79 Å². The van der Waals surface area contributed by atoms with E-state index in [9.17, 15) is 30.1 Å². The van der Waals surface area contributed by atoms with Crippen molar-refractivity contribution in [3.8, 4) is 0 Å². The zero-order chi connectivity index (χ0) is 13.4. The van der Waals surface area contributed by atoms with Crippen LogP contribution in [0.25, 0.3) is 0 Å². The lowest BCUT2D eigenvalue weighted by Crippen LogP contribution is -2.61. The summed E-state index contributed by atoms with van der Waals surface area (Å²) in [5.74, 6) is -1.32. The summed E-state index contributed by atoms with van der Waals surface area (Å²) in [6.45, 7) is -0.770. The fourth-order valence-corrected chi connectivity index (χ4v) is 2.06. The molecular weight excluding hydrogens is 259 g/mol. The van der Waals surface area contributed by atoms with E-state index in [1.54, 1.807) is 0 Å². The third-order valence-corrected chi connectivity index (χ3v) is 3.20. The standard InChI is InChI=1S/C7H15O9P/c8-3-2(1-16-17(13,14)15)4(9)6(11)7(12)5(3)10/h2-12H,1H2,(H2,13,14,15)/t2?,3-,4-,5+,6+,7?/m1/s1. The third-order valence-electron chi connectivity index (χ3n) is 2.71. The molecule has 0 aromatic carbocycles. The van der Waals surface area contributed by atoms with Crippen LogP contribution in [0.4, 0.5) is 0 Å². The van der Waals surface area contributed by atoms with Gasteiger partial charge in [0.25, 0.3) is 0 Å². The van der Waals surface area contributed by atoms with Gasteiger partial charge in [0.1, 0.15) is 18.3 Å². The van der Waals surface area contributed by atoms with E-state index in [1.807, 2.05) is 0 Å². The minimum atomic E-state index is -4.79. The Balaban J connectivity index is 2.73. The van der Waals surface area contributed by atoms with Crippen LogP contribution in [0, 0.1) is 5.92 Å². The highest BCUT2D eigenvalue weighted by Crippen LogP contribution is 2.38. The molecule has 102 valence electrons. The van der Waals surface area contributed by atoms with Crippen molar-refractivity contribution in [3.63, 3.8) is 0 Å². The first-order chi connectivity index (χ1) is 7.65. The van der Waals surface area contributed by atoms with E-state index in [2.05, 4.69) is 4.52 Å². The maximum absolute atomic E-state index is 10.4. The summed E-state index contributed by atoms with van der Waals surface area (Å²) >= 11 is 0. The van der Waals surface area contributed by atoms with Crippen molar-refractivity contribution in [2.24, 2.45) is 5.92 Å². The Hall–Kier alpha value is -0.0900. The molecule has 0 unspecified atom stereocenters. The fraction of sp³-hybridized carbons (Fsp3) is 1.00. The van der Waals surface area contributed by atoms with Crippen LogP contribution >= 0.6 is 7.82 Å². The summed E-state index contributed by atoms with van der Waals surface area (Å²) in [6, 6.07) is 0. The van der Waals surface area contributed by atoms with Gasteiger partial charge in [-0.15, -0.1) is 0 Å². The number of phosphoric ester groups is 1. The Morgan fingerprint density at radius 2 is 1.18 bits per heavy atom. The molecule has 1 aliphatic carbocycles. The van der Waals surface area contributed by atoms with Gasteiger partial charge in [-0.25, -0.2) is 4.57 Å². The zero-order valence-corrected chi connectivity index (χ0v) is 9.46. The summed E-state index contributed by atoms with van der Waals surface area (Å²) in [5, 5.41) is 46.8. The van der Waals surface area contributed by atoms with Crippen molar-refractivity contribution in [1.82, 2.24) is 0 Å². The van der Waals surface area contributed by atoms with Crippen LogP contribution in [0.2, 0.25) is 0 Å². The van der Waals surface area contributed by atoms with Crippen molar-refractivity contribution in [3.05, 3.63) is 0 Å². The number of rotatable bonds is 3. The lowest BCUT2D eigenvalue weighted by atomic mass is 9.79. The van der Waals surface area contributed by atoms with E-state index in [1.165, 1.54) is 0 Å². The van der Waals surface area contributed by atoms with Crippen molar-refractivity contribution < 1.29 is 44.4 Å². The highest BCUT2D eigenvalue weighted by atomic mass is 31.2. The molecular formula is C7H15O9P. The fourth-order valence-electron chi connectivity index (χ4n) is 1.69. The predicted octanol–water partition coefficient (Wildman–Crippen LogP) is -3.47. The molecule has 0 heterocycles. The SMILES string of the molecule is O=P(O)(O)OCC1[C@@H](O)[C@H](O)C(O)[C@@H](O)[C@@H]1O. The van der Waals surface area contributed by atoms with E-state index < -0.39 is 50.9 Å². The topological polar surface area (TPSA) is 168 Å². The van der Waals surface area contributed by atoms with Gasteiger partial charge in [-0.05, 0) is 0 Å². The number of hydrogen-bond donors (Lipinski definition) is 7. The van der Waals surface area contributed by atoms with Crippen LogP contribution in [-0.4, -0.2) is 72.4 Å². The lowest BCUT2D eigenvalue weighted by molar-refractivity contribution is -0.208. The highest BCUT2D eigenvalue weighted by molar-refractivity contribution is 7.46. The van der Waals surface area contributed by atoms with Crippen LogP contribution in [0.15, 0.2) is 0 Å². The molecule has 0 bridgehead atoms. The van der Waals surface area contributed by atoms with Crippen LogP contribution in [0.1, 0.15) is 0 Å². The molecule has 17 heavy (non-hydrogen) atoms. The molecule has 4 atom stereocenters. The molecule has 1 saturated carbocycles. The largest absolute Gasteiger partial charge is 0.469 e. The summed E-state index contributed by atoms with van der Waals surface area (Å²) in [5.41, 5.74) is 0. The molecule has 0 aromatic rings. The normalized spacial score (nSPS) is 43.7. The van der Waals surface area contributed by atoms with Crippen LogP contribution < -0.4 is 0 Å². The van der Waals surface area contributed by atoms with Gasteiger partial charge in [-0.3, -0.25) is 4.52 Å². The van der Waals surface area contributed by atoms with Gasteiger partial charge in [-0.1, -0.05) is 0 Å². The minimum Gasteiger partial charge on any atom is -0.390 e. The van der Waals surface area contributed by atoms with Gasteiger partial charge < -0.3 is 35.3 Å². The number of phosphoric acid groups is 1. The summed E-state index contributed by atoms with van der Waals surface area (Å²) < 4.78 is 14.5. The lowest BCUT2D eigenvalue weighted by Gasteiger charge is -2.41. The van der Waals surface area contributed by atoms with Gasteiger partial charge in [0.2, 0.25) is 0 Å². The summed E-state index contributed by atoms with van der Waals surface area (Å²) in [6.07, 6.45) is -8.56. The van der Waals surface area contributed by atoms with Crippen molar-refractivity contribution in [2.45, 2.75) is 30.5 Å². The average Bonchev–Trinajstić information content (AvgIpc) is 2.22. The third kappa shape index (κ3) is 3.44. The number of hydrogen-bond acceptors (Lipinski definition) is 7. The molecule has 1 fully saturated rings. The molecule has 0 aliphatic heterocycles. The van der Waals surface area contributed by atoms with Gasteiger partial charge in [0.05, 0.1) is 18.8 Å². The second-order valence-corrected chi connectivity index (χ2v) is 5.14. The predicted molar refractivity (Wildman–Crippen MR) is 51.5 cm³/mol. The Kier molecular flexibility index (Phi) is 4.64. The van der Waals surface area contributed by atoms with Crippen LogP contribution in [0.5, 0.6) is 0 Å². The Labute approximate surface area is 96.1 Å². The first-order valence-electron chi connectivity index (χ1n) is 4.75. The molecule has 0 aromatic heterocycles. The van der Waals surface area contributed by atoms with Gasteiger partial charge in [-0.2, -0.15) is 0 Å². The molecule has 7 N–H and O–H groups in total. The second-order valence-electron chi connectivity index (χ2n) is 3.90. The molecule has 0 spiro atoms.